The molecule has 130 valence electrons. The quantitative estimate of drug-likeness (QED) is 0.738. The number of carbonyl (C=O) groups excluding carboxylic acids is 2. The lowest BCUT2D eigenvalue weighted by molar-refractivity contribution is -0.127. The molecule has 2 N–H and O–H groups in total. The minimum atomic E-state index is -0.245. The molecule has 1 aliphatic heterocycles. The SMILES string of the molecule is O=C(NCCCN1CCCC1=O)c1cccc(Nc2ncccn2)n1. The lowest BCUT2D eigenvalue weighted by atomic mass is 10.3. The Balaban J connectivity index is 1.48. The van der Waals surface area contributed by atoms with Crippen LogP contribution < -0.4 is 10.6 Å². The number of nitrogens with zero attached hydrogens (tertiary/aromatic N) is 4. The highest BCUT2D eigenvalue weighted by Gasteiger charge is 2.19. The summed E-state index contributed by atoms with van der Waals surface area (Å²) in [5.41, 5.74) is 0.318. The molecule has 0 aliphatic carbocycles. The minimum absolute atomic E-state index is 0.204. The zero-order valence-corrected chi connectivity index (χ0v) is 13.8. The molecule has 2 aromatic rings. The van der Waals surface area contributed by atoms with E-state index in [2.05, 4.69) is 25.6 Å². The van der Waals surface area contributed by atoms with Gasteiger partial charge in [-0.05, 0) is 31.0 Å². The first kappa shape index (κ1) is 16.8. The molecule has 0 bridgehead atoms. The average molecular weight is 340 g/mol. The van der Waals surface area contributed by atoms with Gasteiger partial charge in [0, 0.05) is 38.4 Å². The predicted molar refractivity (Wildman–Crippen MR) is 92.3 cm³/mol. The summed E-state index contributed by atoms with van der Waals surface area (Å²) in [6, 6.07) is 6.86. The van der Waals surface area contributed by atoms with Crippen LogP contribution >= 0.6 is 0 Å². The zero-order valence-electron chi connectivity index (χ0n) is 13.8. The van der Waals surface area contributed by atoms with Crippen molar-refractivity contribution >= 4 is 23.6 Å². The predicted octanol–water partition coefficient (Wildman–Crippen LogP) is 1.36. The number of anilines is 2. The maximum Gasteiger partial charge on any atom is 0.269 e. The van der Waals surface area contributed by atoms with E-state index in [1.165, 1.54) is 0 Å². The van der Waals surface area contributed by atoms with E-state index < -0.39 is 0 Å². The third-order valence-corrected chi connectivity index (χ3v) is 3.85. The van der Waals surface area contributed by atoms with Crippen molar-refractivity contribution in [2.75, 3.05) is 25.0 Å². The molecule has 2 aromatic heterocycles. The molecule has 1 aliphatic rings. The van der Waals surface area contributed by atoms with E-state index in [0.717, 1.165) is 19.4 Å². The Morgan fingerprint density at radius 3 is 2.80 bits per heavy atom. The molecular formula is C17H20N6O2. The van der Waals surface area contributed by atoms with Crippen molar-refractivity contribution < 1.29 is 9.59 Å². The first-order valence-electron chi connectivity index (χ1n) is 8.29. The monoisotopic (exact) mass is 340 g/mol. The molecule has 0 atom stereocenters. The van der Waals surface area contributed by atoms with Crippen LogP contribution in [0.25, 0.3) is 0 Å². The van der Waals surface area contributed by atoms with Gasteiger partial charge in [-0.15, -0.1) is 0 Å². The van der Waals surface area contributed by atoms with Crippen LogP contribution in [0.4, 0.5) is 11.8 Å². The number of aromatic nitrogens is 3. The van der Waals surface area contributed by atoms with Crippen LogP contribution in [0.2, 0.25) is 0 Å². The van der Waals surface area contributed by atoms with Gasteiger partial charge >= 0.3 is 0 Å². The summed E-state index contributed by atoms with van der Waals surface area (Å²) in [5, 5.41) is 5.78. The molecular weight excluding hydrogens is 320 g/mol. The second-order valence-electron chi connectivity index (χ2n) is 5.70. The molecule has 0 radical (unpaired) electrons. The fourth-order valence-electron chi connectivity index (χ4n) is 2.61. The number of likely N-dealkylation sites (tertiary alicyclic amines) is 1. The van der Waals surface area contributed by atoms with E-state index >= 15 is 0 Å². The Morgan fingerprint density at radius 2 is 2.04 bits per heavy atom. The highest BCUT2D eigenvalue weighted by atomic mass is 16.2. The Bertz CT molecular complexity index is 737. The number of amides is 2. The third-order valence-electron chi connectivity index (χ3n) is 3.85. The zero-order chi connectivity index (χ0) is 17.5. The summed E-state index contributed by atoms with van der Waals surface area (Å²) in [4.78, 5) is 37.9. The lowest BCUT2D eigenvalue weighted by Gasteiger charge is -2.15. The van der Waals surface area contributed by atoms with Crippen LogP contribution in [0.3, 0.4) is 0 Å². The van der Waals surface area contributed by atoms with E-state index in [9.17, 15) is 9.59 Å². The van der Waals surface area contributed by atoms with Crippen LogP contribution in [-0.4, -0.2) is 51.3 Å². The molecule has 8 heteroatoms. The summed E-state index contributed by atoms with van der Waals surface area (Å²) >= 11 is 0. The molecule has 0 saturated carbocycles. The number of hydrogen-bond acceptors (Lipinski definition) is 6. The van der Waals surface area contributed by atoms with Crippen LogP contribution in [0.15, 0.2) is 36.7 Å². The van der Waals surface area contributed by atoms with E-state index in [1.807, 2.05) is 4.90 Å². The second kappa shape index (κ2) is 8.18. The maximum absolute atomic E-state index is 12.2. The Labute approximate surface area is 145 Å². The van der Waals surface area contributed by atoms with Crippen molar-refractivity contribution in [2.45, 2.75) is 19.3 Å². The topological polar surface area (TPSA) is 100 Å². The van der Waals surface area contributed by atoms with Crippen molar-refractivity contribution in [3.05, 3.63) is 42.4 Å². The van der Waals surface area contributed by atoms with Gasteiger partial charge in [-0.2, -0.15) is 0 Å². The highest BCUT2D eigenvalue weighted by molar-refractivity contribution is 5.92. The molecule has 25 heavy (non-hydrogen) atoms. The van der Waals surface area contributed by atoms with Crippen molar-refractivity contribution in [1.29, 1.82) is 0 Å². The van der Waals surface area contributed by atoms with Crippen LogP contribution in [0.5, 0.6) is 0 Å². The largest absolute Gasteiger partial charge is 0.351 e. The fraction of sp³-hybridized carbons (Fsp3) is 0.353. The van der Waals surface area contributed by atoms with Crippen LogP contribution in [0, 0.1) is 0 Å². The third kappa shape index (κ3) is 4.72. The number of carbonyl (C=O) groups is 2. The fourth-order valence-corrected chi connectivity index (χ4v) is 2.61. The van der Waals surface area contributed by atoms with Crippen LogP contribution in [0.1, 0.15) is 29.8 Å². The van der Waals surface area contributed by atoms with E-state index in [4.69, 9.17) is 0 Å². The Hall–Kier alpha value is -3.03. The van der Waals surface area contributed by atoms with Crippen LogP contribution in [-0.2, 0) is 4.79 Å². The van der Waals surface area contributed by atoms with Gasteiger partial charge in [0.2, 0.25) is 11.9 Å². The van der Waals surface area contributed by atoms with Gasteiger partial charge < -0.3 is 15.5 Å². The van der Waals surface area contributed by atoms with Crippen molar-refractivity contribution in [2.24, 2.45) is 0 Å². The highest BCUT2D eigenvalue weighted by Crippen LogP contribution is 2.10. The summed E-state index contributed by atoms with van der Waals surface area (Å²) in [6.45, 7) is 2.01. The molecule has 2 amide bonds. The molecule has 1 saturated heterocycles. The molecule has 0 aromatic carbocycles. The Morgan fingerprint density at radius 1 is 1.20 bits per heavy atom. The van der Waals surface area contributed by atoms with Crippen molar-refractivity contribution in [3.8, 4) is 0 Å². The molecule has 3 heterocycles. The van der Waals surface area contributed by atoms with Gasteiger partial charge in [0.05, 0.1) is 0 Å². The van der Waals surface area contributed by atoms with E-state index in [1.54, 1.807) is 36.7 Å². The molecule has 3 rings (SSSR count). The average Bonchev–Trinajstić information content (AvgIpc) is 3.04. The van der Waals surface area contributed by atoms with Crippen molar-refractivity contribution in [3.63, 3.8) is 0 Å². The normalized spacial score (nSPS) is 13.8. The Kier molecular flexibility index (Phi) is 5.50. The molecule has 0 spiro atoms. The van der Waals surface area contributed by atoms with Gasteiger partial charge in [0.1, 0.15) is 11.5 Å². The lowest BCUT2D eigenvalue weighted by Crippen LogP contribution is -2.31. The first-order valence-corrected chi connectivity index (χ1v) is 8.29. The van der Waals surface area contributed by atoms with E-state index in [0.29, 0.717) is 37.0 Å². The maximum atomic E-state index is 12.2. The van der Waals surface area contributed by atoms with Crippen molar-refractivity contribution in [1.82, 2.24) is 25.2 Å². The van der Waals surface area contributed by atoms with E-state index in [-0.39, 0.29) is 11.8 Å². The number of rotatable bonds is 7. The summed E-state index contributed by atoms with van der Waals surface area (Å²) in [5.74, 6) is 0.879. The number of hydrogen-bond donors (Lipinski definition) is 2. The smallest absolute Gasteiger partial charge is 0.269 e. The standard InChI is InChI=1S/C17H20N6O2/c24-15-7-2-11-23(15)12-4-10-18-16(25)13-5-1-6-14(21-13)22-17-19-8-3-9-20-17/h1,3,5-6,8-9H,2,4,7,10-12H2,(H,18,25)(H,19,20,21,22). The molecule has 8 nitrogen and oxygen atoms in total. The summed E-state index contributed by atoms with van der Waals surface area (Å²) in [6.07, 6.45) is 5.54. The summed E-state index contributed by atoms with van der Waals surface area (Å²) < 4.78 is 0. The minimum Gasteiger partial charge on any atom is -0.351 e. The molecule has 0 unspecified atom stereocenters. The summed E-state index contributed by atoms with van der Waals surface area (Å²) in [7, 11) is 0. The number of nitrogens with one attached hydrogen (secondary N) is 2. The van der Waals surface area contributed by atoms with Gasteiger partial charge in [0.25, 0.3) is 5.91 Å². The second-order valence-corrected chi connectivity index (χ2v) is 5.70. The van der Waals surface area contributed by atoms with Gasteiger partial charge in [-0.1, -0.05) is 6.07 Å². The number of pyridine rings is 1. The van der Waals surface area contributed by atoms with Gasteiger partial charge in [-0.3, -0.25) is 9.59 Å². The van der Waals surface area contributed by atoms with Gasteiger partial charge in [-0.25, -0.2) is 15.0 Å². The first-order chi connectivity index (χ1) is 12.2. The molecule has 1 fully saturated rings. The van der Waals surface area contributed by atoms with Gasteiger partial charge in [0.15, 0.2) is 0 Å².